The van der Waals surface area contributed by atoms with Gasteiger partial charge in [-0.1, -0.05) is 18.2 Å². The number of oxazole rings is 1. The number of hydrogen-bond donors (Lipinski definition) is 0. The van der Waals surface area contributed by atoms with Gasteiger partial charge < -0.3 is 18.6 Å². The Morgan fingerprint density at radius 2 is 1.90 bits per heavy atom. The topological polar surface area (TPSA) is 53.7 Å². The monoisotopic (exact) mass is 415 g/mol. The molecule has 0 fully saturated rings. The molecule has 1 atom stereocenters. The average molecular weight is 416 g/mol. The molecule has 2 heterocycles. The molecule has 0 aliphatic carbocycles. The van der Waals surface area contributed by atoms with E-state index in [9.17, 15) is 0 Å². The van der Waals surface area contributed by atoms with Gasteiger partial charge in [0.2, 0.25) is 5.89 Å². The van der Waals surface area contributed by atoms with Crippen molar-refractivity contribution in [2.75, 3.05) is 26.4 Å². The lowest BCUT2D eigenvalue weighted by atomic mass is 10.1. The van der Waals surface area contributed by atoms with Crippen LogP contribution in [0.2, 0.25) is 0 Å². The minimum Gasteiger partial charge on any atom is -0.493 e. The summed E-state index contributed by atoms with van der Waals surface area (Å²) in [5.74, 6) is 2.38. The van der Waals surface area contributed by atoms with Gasteiger partial charge in [0.25, 0.3) is 0 Å². The third-order valence-electron chi connectivity index (χ3n) is 4.58. The Morgan fingerprint density at radius 1 is 1.07 bits per heavy atom. The Bertz CT molecular complexity index is 842. The second kappa shape index (κ2) is 11.1. The van der Waals surface area contributed by atoms with Crippen molar-refractivity contribution in [2.24, 2.45) is 0 Å². The molecule has 0 N–H and O–H groups in total. The largest absolute Gasteiger partial charge is 0.493 e. The van der Waals surface area contributed by atoms with Gasteiger partial charge >= 0.3 is 0 Å². The first-order valence-electron chi connectivity index (χ1n) is 10.1. The molecule has 2 aromatic heterocycles. The number of ether oxygens (including phenoxy) is 3. The molecule has 29 heavy (non-hydrogen) atoms. The highest BCUT2D eigenvalue weighted by Gasteiger charge is 2.13. The minimum absolute atomic E-state index is 0.0500. The summed E-state index contributed by atoms with van der Waals surface area (Å²) >= 11 is 1.63. The molecule has 1 unspecified atom stereocenters. The highest BCUT2D eigenvalue weighted by molar-refractivity contribution is 7.13. The Hall–Kier alpha value is -2.15. The zero-order valence-electron chi connectivity index (χ0n) is 17.3. The Kier molecular flexibility index (Phi) is 8.28. The lowest BCUT2D eigenvalue weighted by Gasteiger charge is -2.18. The molecule has 3 aromatic rings. The molecule has 156 valence electrons. The Balaban J connectivity index is 1.52. The average Bonchev–Trinajstić information content (AvgIpc) is 3.38. The van der Waals surface area contributed by atoms with Crippen LogP contribution in [0, 0.1) is 6.92 Å². The summed E-state index contributed by atoms with van der Waals surface area (Å²) in [6.45, 7) is 8.63. The van der Waals surface area contributed by atoms with Crippen molar-refractivity contribution >= 4 is 11.3 Å². The number of thiophene rings is 1. The second-order valence-electron chi connectivity index (χ2n) is 6.60. The number of benzene rings is 1. The van der Waals surface area contributed by atoms with Gasteiger partial charge in [-0.25, -0.2) is 4.98 Å². The highest BCUT2D eigenvalue weighted by Crippen LogP contribution is 2.27. The van der Waals surface area contributed by atoms with Gasteiger partial charge in [0.05, 0.1) is 23.3 Å². The van der Waals surface area contributed by atoms with E-state index in [0.29, 0.717) is 32.1 Å². The van der Waals surface area contributed by atoms with Crippen LogP contribution in [0.4, 0.5) is 0 Å². The van der Waals surface area contributed by atoms with Crippen LogP contribution in [0.15, 0.2) is 46.2 Å². The molecule has 0 aliphatic heterocycles. The first kappa shape index (κ1) is 21.6. The van der Waals surface area contributed by atoms with Gasteiger partial charge in [-0.15, -0.1) is 11.3 Å². The summed E-state index contributed by atoms with van der Waals surface area (Å²) < 4.78 is 23.0. The van der Waals surface area contributed by atoms with E-state index in [1.165, 1.54) is 0 Å². The maximum absolute atomic E-state index is 5.91. The van der Waals surface area contributed by atoms with Crippen molar-refractivity contribution in [2.45, 2.75) is 39.7 Å². The normalized spacial score (nSPS) is 12.2. The van der Waals surface area contributed by atoms with E-state index in [1.807, 2.05) is 50.4 Å². The number of aryl methyl sites for hydroxylation is 1. The zero-order valence-corrected chi connectivity index (χ0v) is 18.2. The molecule has 0 spiro atoms. The van der Waals surface area contributed by atoms with E-state index in [-0.39, 0.29) is 6.10 Å². The zero-order chi connectivity index (χ0) is 20.5. The molecule has 6 heteroatoms. The van der Waals surface area contributed by atoms with Gasteiger partial charge in [0, 0.05) is 32.7 Å². The van der Waals surface area contributed by atoms with Crippen LogP contribution in [0.3, 0.4) is 0 Å². The predicted molar refractivity (Wildman–Crippen MR) is 116 cm³/mol. The van der Waals surface area contributed by atoms with Crippen molar-refractivity contribution < 1.29 is 18.6 Å². The number of rotatable bonds is 12. The molecule has 5 nitrogen and oxygen atoms in total. The van der Waals surface area contributed by atoms with Crippen LogP contribution in [-0.2, 0) is 15.9 Å². The molecule has 0 amide bonds. The van der Waals surface area contributed by atoms with Crippen LogP contribution in [0.25, 0.3) is 10.8 Å². The summed E-state index contributed by atoms with van der Waals surface area (Å²) in [5.41, 5.74) is 2.09. The molecule has 0 saturated carbocycles. The van der Waals surface area contributed by atoms with Crippen LogP contribution in [-0.4, -0.2) is 31.4 Å². The minimum atomic E-state index is 0.0500. The number of aromatic nitrogens is 1. The Morgan fingerprint density at radius 3 is 2.59 bits per heavy atom. The fourth-order valence-corrected chi connectivity index (χ4v) is 3.74. The van der Waals surface area contributed by atoms with E-state index in [4.69, 9.17) is 18.6 Å². The van der Waals surface area contributed by atoms with Gasteiger partial charge in [0.1, 0.15) is 11.5 Å². The van der Waals surface area contributed by atoms with Crippen LogP contribution < -0.4 is 4.74 Å². The summed E-state index contributed by atoms with van der Waals surface area (Å²) in [6, 6.07) is 12.1. The standard InChI is InChI=1S/C23H29NO4S/c1-4-25-14-13-21(26-5-2)18-8-10-19(11-9-18)27-15-12-20-17(3)28-23(24-20)22-7-6-16-29-22/h6-11,16,21H,4-5,12-15H2,1-3H3. The van der Waals surface area contributed by atoms with E-state index in [1.54, 1.807) is 11.3 Å². The van der Waals surface area contributed by atoms with Crippen LogP contribution in [0.5, 0.6) is 5.75 Å². The maximum Gasteiger partial charge on any atom is 0.236 e. The van der Waals surface area contributed by atoms with Gasteiger partial charge in [0.15, 0.2) is 0 Å². The fourth-order valence-electron chi connectivity index (χ4n) is 3.09. The second-order valence-corrected chi connectivity index (χ2v) is 7.54. The SMILES string of the molecule is CCOCCC(OCC)c1ccc(OCCc2nc(-c3cccs3)oc2C)cc1. The number of nitrogens with zero attached hydrogens (tertiary/aromatic N) is 1. The van der Waals surface area contributed by atoms with Crippen LogP contribution in [0.1, 0.15) is 43.4 Å². The van der Waals surface area contributed by atoms with Gasteiger partial charge in [-0.05, 0) is 49.9 Å². The van der Waals surface area contributed by atoms with Crippen molar-refractivity contribution in [3.8, 4) is 16.5 Å². The van der Waals surface area contributed by atoms with Crippen molar-refractivity contribution in [1.29, 1.82) is 0 Å². The van der Waals surface area contributed by atoms with E-state index >= 15 is 0 Å². The van der Waals surface area contributed by atoms with Crippen molar-refractivity contribution in [3.05, 3.63) is 58.8 Å². The lowest BCUT2D eigenvalue weighted by Crippen LogP contribution is -2.08. The molecular weight excluding hydrogens is 386 g/mol. The molecule has 0 bridgehead atoms. The first-order valence-corrected chi connectivity index (χ1v) is 11.0. The summed E-state index contributed by atoms with van der Waals surface area (Å²) in [5, 5.41) is 2.02. The molecule has 0 saturated heterocycles. The molecule has 3 rings (SSSR count). The highest BCUT2D eigenvalue weighted by atomic mass is 32.1. The lowest BCUT2D eigenvalue weighted by molar-refractivity contribution is 0.0288. The third kappa shape index (κ3) is 6.16. The summed E-state index contributed by atoms with van der Waals surface area (Å²) in [4.78, 5) is 5.66. The van der Waals surface area contributed by atoms with E-state index in [2.05, 4.69) is 17.1 Å². The van der Waals surface area contributed by atoms with Crippen LogP contribution >= 0.6 is 11.3 Å². The molecule has 0 aliphatic rings. The Labute approximate surface area is 176 Å². The smallest absolute Gasteiger partial charge is 0.236 e. The quantitative estimate of drug-likeness (QED) is 0.348. The predicted octanol–water partition coefficient (Wildman–Crippen LogP) is 5.84. The van der Waals surface area contributed by atoms with Gasteiger partial charge in [-0.2, -0.15) is 0 Å². The van der Waals surface area contributed by atoms with E-state index < -0.39 is 0 Å². The fraction of sp³-hybridized carbons (Fsp3) is 0.435. The van der Waals surface area contributed by atoms with E-state index in [0.717, 1.165) is 40.7 Å². The number of hydrogen-bond acceptors (Lipinski definition) is 6. The van der Waals surface area contributed by atoms with Crippen molar-refractivity contribution in [3.63, 3.8) is 0 Å². The third-order valence-corrected chi connectivity index (χ3v) is 5.44. The maximum atomic E-state index is 5.91. The summed E-state index contributed by atoms with van der Waals surface area (Å²) in [7, 11) is 0. The molecule has 0 radical (unpaired) electrons. The first-order chi connectivity index (χ1) is 14.2. The molecular formula is C23H29NO4S. The van der Waals surface area contributed by atoms with Crippen molar-refractivity contribution in [1.82, 2.24) is 4.98 Å². The molecule has 1 aromatic carbocycles. The summed E-state index contributed by atoms with van der Waals surface area (Å²) in [6.07, 6.45) is 1.60. The van der Waals surface area contributed by atoms with Gasteiger partial charge in [-0.3, -0.25) is 0 Å².